The van der Waals surface area contributed by atoms with E-state index in [0.29, 0.717) is 17.0 Å². The largest absolute Gasteiger partial charge is 0.484 e. The monoisotopic (exact) mass is 472 g/mol. The number of benzene rings is 3. The number of aryl methyl sites for hydroxylation is 3. The maximum absolute atomic E-state index is 12.2. The molecule has 0 unspecified atom stereocenters. The molecule has 180 valence electrons. The zero-order chi connectivity index (χ0) is 25.2. The van der Waals surface area contributed by atoms with Crippen molar-refractivity contribution in [3.05, 3.63) is 89.0 Å². The van der Waals surface area contributed by atoms with Crippen LogP contribution in [0.25, 0.3) is 0 Å². The molecule has 0 heterocycles. The average Bonchev–Trinajstić information content (AvgIpc) is 2.85. The van der Waals surface area contributed by atoms with Crippen molar-refractivity contribution < 1.29 is 19.1 Å². The minimum Gasteiger partial charge on any atom is -0.484 e. The summed E-state index contributed by atoms with van der Waals surface area (Å²) in [6.07, 6.45) is 2.11. The molecule has 0 fully saturated rings. The number of anilines is 2. The van der Waals surface area contributed by atoms with Gasteiger partial charge in [0.2, 0.25) is 0 Å². The molecule has 3 rings (SSSR count). The van der Waals surface area contributed by atoms with Crippen molar-refractivity contribution in [2.45, 2.75) is 27.2 Å². The van der Waals surface area contributed by atoms with Crippen molar-refractivity contribution in [1.82, 2.24) is 5.43 Å². The Labute approximate surface area is 204 Å². The minimum absolute atomic E-state index is 0.163. The van der Waals surface area contributed by atoms with Gasteiger partial charge in [-0.25, -0.2) is 5.43 Å². The predicted octanol–water partition coefficient (Wildman–Crippen LogP) is 3.97. The van der Waals surface area contributed by atoms with Gasteiger partial charge < -0.3 is 15.4 Å². The van der Waals surface area contributed by atoms with Gasteiger partial charge in [-0.1, -0.05) is 55.0 Å². The Hall–Kier alpha value is -4.46. The van der Waals surface area contributed by atoms with E-state index in [1.807, 2.05) is 51.1 Å². The third-order valence-electron chi connectivity index (χ3n) is 5.12. The molecule has 0 bridgehead atoms. The van der Waals surface area contributed by atoms with E-state index in [-0.39, 0.29) is 12.5 Å². The minimum atomic E-state index is -0.886. The van der Waals surface area contributed by atoms with Crippen LogP contribution in [0.15, 0.2) is 71.8 Å². The Bertz CT molecular complexity index is 1250. The Morgan fingerprint density at radius 3 is 2.46 bits per heavy atom. The van der Waals surface area contributed by atoms with Crippen LogP contribution in [0.1, 0.15) is 29.2 Å². The van der Waals surface area contributed by atoms with E-state index in [1.165, 1.54) is 6.21 Å². The van der Waals surface area contributed by atoms with Crippen LogP contribution in [0.4, 0.5) is 11.4 Å². The van der Waals surface area contributed by atoms with Gasteiger partial charge in [0.1, 0.15) is 5.75 Å². The molecular formula is C27H28N4O4. The van der Waals surface area contributed by atoms with Crippen LogP contribution in [0, 0.1) is 13.8 Å². The van der Waals surface area contributed by atoms with Gasteiger partial charge in [0.15, 0.2) is 6.61 Å². The van der Waals surface area contributed by atoms with Crippen LogP contribution in [-0.2, 0) is 20.8 Å². The van der Waals surface area contributed by atoms with Crippen molar-refractivity contribution >= 4 is 35.3 Å². The highest BCUT2D eigenvalue weighted by Gasteiger charge is 2.14. The van der Waals surface area contributed by atoms with E-state index in [4.69, 9.17) is 4.74 Å². The van der Waals surface area contributed by atoms with Crippen LogP contribution in [-0.4, -0.2) is 30.5 Å². The molecular weight excluding hydrogens is 444 g/mol. The average molecular weight is 473 g/mol. The summed E-state index contributed by atoms with van der Waals surface area (Å²) in [5.74, 6) is -1.51. The van der Waals surface area contributed by atoms with Gasteiger partial charge in [0, 0.05) is 11.4 Å². The van der Waals surface area contributed by atoms with Gasteiger partial charge in [-0.05, 0) is 61.2 Å². The molecule has 0 aliphatic carbocycles. The van der Waals surface area contributed by atoms with Crippen LogP contribution in [0.3, 0.4) is 0 Å². The molecule has 3 N–H and O–H groups in total. The van der Waals surface area contributed by atoms with Gasteiger partial charge in [0.05, 0.1) is 6.21 Å². The van der Waals surface area contributed by atoms with E-state index in [2.05, 4.69) is 21.2 Å². The normalized spacial score (nSPS) is 10.6. The Kier molecular flexibility index (Phi) is 8.72. The van der Waals surface area contributed by atoms with Crippen LogP contribution >= 0.6 is 0 Å². The molecule has 8 nitrogen and oxygen atoms in total. The smallest absolute Gasteiger partial charge is 0.329 e. The fourth-order valence-corrected chi connectivity index (χ4v) is 3.32. The summed E-state index contributed by atoms with van der Waals surface area (Å²) >= 11 is 0. The molecule has 0 aliphatic rings. The topological polar surface area (TPSA) is 109 Å². The molecule has 0 aliphatic heterocycles. The number of para-hydroxylation sites is 1. The number of nitrogens with zero attached hydrogens (tertiary/aromatic N) is 1. The van der Waals surface area contributed by atoms with Crippen molar-refractivity contribution in [3.8, 4) is 5.75 Å². The number of ether oxygens (including phenoxy) is 1. The molecule has 3 amide bonds. The van der Waals surface area contributed by atoms with Gasteiger partial charge in [-0.15, -0.1) is 0 Å². The number of rotatable bonds is 8. The lowest BCUT2D eigenvalue weighted by Crippen LogP contribution is -2.32. The van der Waals surface area contributed by atoms with E-state index in [0.717, 1.165) is 28.8 Å². The maximum Gasteiger partial charge on any atom is 0.329 e. The first-order chi connectivity index (χ1) is 16.9. The van der Waals surface area contributed by atoms with Crippen LogP contribution in [0.2, 0.25) is 0 Å². The van der Waals surface area contributed by atoms with E-state index < -0.39 is 11.8 Å². The quantitative estimate of drug-likeness (QED) is 0.262. The SMILES string of the molecule is CCc1ccccc1NC(=O)C(=O)N/N=C\c1cccc(OCC(=O)Nc2ccc(C)cc2C)c1. The molecule has 0 atom stereocenters. The molecule has 0 aromatic heterocycles. The first kappa shape index (κ1) is 25.2. The number of carbonyl (C=O) groups excluding carboxylic acids is 3. The molecule has 0 saturated heterocycles. The summed E-state index contributed by atoms with van der Waals surface area (Å²) in [5, 5.41) is 9.25. The van der Waals surface area contributed by atoms with Crippen molar-refractivity contribution in [3.63, 3.8) is 0 Å². The second-order valence-corrected chi connectivity index (χ2v) is 7.89. The molecule has 8 heteroatoms. The fraction of sp³-hybridized carbons (Fsp3) is 0.185. The molecule has 0 saturated carbocycles. The van der Waals surface area contributed by atoms with Crippen LogP contribution < -0.4 is 20.8 Å². The Morgan fingerprint density at radius 2 is 1.69 bits per heavy atom. The summed E-state index contributed by atoms with van der Waals surface area (Å²) in [6.45, 7) is 5.72. The highest BCUT2D eigenvalue weighted by Crippen LogP contribution is 2.17. The number of nitrogens with one attached hydrogen (secondary N) is 3. The first-order valence-corrected chi connectivity index (χ1v) is 11.2. The molecule has 3 aromatic rings. The van der Waals surface area contributed by atoms with Crippen molar-refractivity contribution in [1.29, 1.82) is 0 Å². The number of amides is 3. The third-order valence-corrected chi connectivity index (χ3v) is 5.12. The molecule has 0 radical (unpaired) electrons. The zero-order valence-electron chi connectivity index (χ0n) is 19.9. The van der Waals surface area contributed by atoms with Crippen molar-refractivity contribution in [2.75, 3.05) is 17.2 Å². The van der Waals surface area contributed by atoms with Gasteiger partial charge in [-0.2, -0.15) is 5.10 Å². The first-order valence-electron chi connectivity index (χ1n) is 11.2. The summed E-state index contributed by atoms with van der Waals surface area (Å²) in [7, 11) is 0. The molecule has 3 aromatic carbocycles. The van der Waals surface area contributed by atoms with E-state index >= 15 is 0 Å². The lowest BCUT2D eigenvalue weighted by molar-refractivity contribution is -0.136. The highest BCUT2D eigenvalue weighted by atomic mass is 16.5. The summed E-state index contributed by atoms with van der Waals surface area (Å²) in [6, 6.07) is 19.9. The number of hydrogen-bond donors (Lipinski definition) is 3. The maximum atomic E-state index is 12.2. The van der Waals surface area contributed by atoms with Crippen molar-refractivity contribution in [2.24, 2.45) is 5.10 Å². The third kappa shape index (κ3) is 7.53. The molecule has 0 spiro atoms. The second kappa shape index (κ2) is 12.1. The summed E-state index contributed by atoms with van der Waals surface area (Å²) < 4.78 is 5.57. The zero-order valence-corrected chi connectivity index (χ0v) is 19.9. The highest BCUT2D eigenvalue weighted by molar-refractivity contribution is 6.39. The van der Waals surface area contributed by atoms with E-state index in [1.54, 1.807) is 36.4 Å². The summed E-state index contributed by atoms with van der Waals surface area (Å²) in [4.78, 5) is 36.5. The summed E-state index contributed by atoms with van der Waals surface area (Å²) in [5.41, 5.74) is 7.18. The van der Waals surface area contributed by atoms with E-state index in [9.17, 15) is 14.4 Å². The van der Waals surface area contributed by atoms with Gasteiger partial charge in [-0.3, -0.25) is 14.4 Å². The number of hydrazone groups is 1. The van der Waals surface area contributed by atoms with Gasteiger partial charge >= 0.3 is 11.8 Å². The lowest BCUT2D eigenvalue weighted by atomic mass is 10.1. The lowest BCUT2D eigenvalue weighted by Gasteiger charge is -2.10. The van der Waals surface area contributed by atoms with Crippen LogP contribution in [0.5, 0.6) is 5.75 Å². The number of hydrogen-bond acceptors (Lipinski definition) is 5. The Morgan fingerprint density at radius 1 is 0.886 bits per heavy atom. The second-order valence-electron chi connectivity index (χ2n) is 7.89. The predicted molar refractivity (Wildman–Crippen MR) is 137 cm³/mol. The molecule has 35 heavy (non-hydrogen) atoms. The fourth-order valence-electron chi connectivity index (χ4n) is 3.32. The standard InChI is InChI=1S/C27H28N4O4/c1-4-21-9-5-6-11-24(21)30-26(33)27(34)31-28-16-20-8-7-10-22(15-20)35-17-25(32)29-23-13-12-18(2)14-19(23)3/h5-16H,4,17H2,1-3H3,(H,29,32)(H,30,33)(H,31,34)/b28-16-. The number of carbonyl (C=O) groups is 3. The van der Waals surface area contributed by atoms with Gasteiger partial charge in [0.25, 0.3) is 5.91 Å². The Balaban J connectivity index is 1.50.